The van der Waals surface area contributed by atoms with Crippen molar-refractivity contribution < 1.29 is 9.90 Å². The van der Waals surface area contributed by atoms with Gasteiger partial charge in [-0.3, -0.25) is 4.79 Å². The molecule has 0 fully saturated rings. The van der Waals surface area contributed by atoms with E-state index in [0.717, 1.165) is 11.1 Å². The van der Waals surface area contributed by atoms with E-state index < -0.39 is 0 Å². The fourth-order valence-corrected chi connectivity index (χ4v) is 2.32. The van der Waals surface area contributed by atoms with Gasteiger partial charge in [0.2, 0.25) is 0 Å². The Morgan fingerprint density at radius 2 is 2.00 bits per heavy atom. The summed E-state index contributed by atoms with van der Waals surface area (Å²) in [6, 6.07) is 3.43. The van der Waals surface area contributed by atoms with E-state index in [0.29, 0.717) is 10.0 Å². The average Bonchev–Trinajstić information content (AvgIpc) is 2.41. The van der Waals surface area contributed by atoms with Crippen LogP contribution in [0.4, 0.5) is 0 Å². The fourth-order valence-electron chi connectivity index (χ4n) is 1.75. The molecule has 104 valence electrons. The van der Waals surface area contributed by atoms with Crippen LogP contribution in [0, 0.1) is 6.92 Å². The van der Waals surface area contributed by atoms with Crippen LogP contribution in [0.2, 0.25) is 0 Å². The number of Topliss-reactive ketones (excluding diaryl/α,β-unsaturated/α-hetero) is 1. The number of halogens is 1. The number of carbonyl (C=O) groups is 1. The third kappa shape index (κ3) is 3.81. The number of phenolic OH excluding ortho intramolecular Hbond substituents is 1. The SMILES string of the molecule is C=C/C=C(C=C)/C=C(\C)C(=O)c1cc(C)cc(Br)c1O. The van der Waals surface area contributed by atoms with E-state index in [9.17, 15) is 9.90 Å². The molecule has 0 aliphatic carbocycles. The number of allylic oxidation sites excluding steroid dienone is 6. The maximum Gasteiger partial charge on any atom is 0.192 e. The van der Waals surface area contributed by atoms with Gasteiger partial charge in [0.1, 0.15) is 5.75 Å². The minimum absolute atomic E-state index is 0.0406. The molecule has 0 saturated heterocycles. The van der Waals surface area contributed by atoms with Crippen LogP contribution < -0.4 is 0 Å². The molecule has 0 amide bonds. The lowest BCUT2D eigenvalue weighted by molar-refractivity contribution is 0.103. The number of carbonyl (C=O) groups excluding carboxylic acids is 1. The van der Waals surface area contributed by atoms with Crippen molar-refractivity contribution in [3.63, 3.8) is 0 Å². The van der Waals surface area contributed by atoms with Gasteiger partial charge >= 0.3 is 0 Å². The normalized spacial score (nSPS) is 12.2. The van der Waals surface area contributed by atoms with E-state index in [1.54, 1.807) is 43.4 Å². The molecule has 0 spiro atoms. The minimum Gasteiger partial charge on any atom is -0.506 e. The Hall–Kier alpha value is -1.87. The van der Waals surface area contributed by atoms with Crippen LogP contribution in [-0.4, -0.2) is 10.9 Å². The molecule has 0 aliphatic rings. The lowest BCUT2D eigenvalue weighted by atomic mass is 10.00. The van der Waals surface area contributed by atoms with Gasteiger partial charge in [-0.1, -0.05) is 31.4 Å². The fraction of sp³-hybridized carbons (Fsp3) is 0.118. The number of aryl methyl sites for hydroxylation is 1. The first-order chi connectivity index (χ1) is 9.40. The van der Waals surface area contributed by atoms with E-state index >= 15 is 0 Å². The lowest BCUT2D eigenvalue weighted by Crippen LogP contribution is -2.02. The van der Waals surface area contributed by atoms with E-state index in [-0.39, 0.29) is 17.1 Å². The first-order valence-electron chi connectivity index (χ1n) is 6.08. The molecule has 0 aliphatic heterocycles. The first-order valence-corrected chi connectivity index (χ1v) is 6.87. The summed E-state index contributed by atoms with van der Waals surface area (Å²) in [5.41, 5.74) is 2.49. The highest BCUT2D eigenvalue weighted by Gasteiger charge is 2.16. The topological polar surface area (TPSA) is 37.3 Å². The number of rotatable bonds is 5. The number of hydrogen-bond donors (Lipinski definition) is 1. The minimum atomic E-state index is -0.219. The van der Waals surface area contributed by atoms with Crippen LogP contribution in [0.5, 0.6) is 5.75 Å². The molecule has 0 saturated carbocycles. The molecular formula is C17H17BrO2. The number of ketones is 1. The maximum absolute atomic E-state index is 12.4. The highest BCUT2D eigenvalue weighted by atomic mass is 79.9. The monoisotopic (exact) mass is 332 g/mol. The van der Waals surface area contributed by atoms with Gasteiger partial charge in [0.15, 0.2) is 5.78 Å². The molecule has 1 aromatic carbocycles. The van der Waals surface area contributed by atoms with Crippen molar-refractivity contribution in [2.75, 3.05) is 0 Å². The van der Waals surface area contributed by atoms with Crippen LogP contribution in [0.15, 0.2) is 65.2 Å². The highest BCUT2D eigenvalue weighted by molar-refractivity contribution is 9.10. The van der Waals surface area contributed by atoms with Gasteiger partial charge in [-0.25, -0.2) is 0 Å². The highest BCUT2D eigenvalue weighted by Crippen LogP contribution is 2.31. The smallest absolute Gasteiger partial charge is 0.192 e. The molecule has 2 nitrogen and oxygen atoms in total. The lowest BCUT2D eigenvalue weighted by Gasteiger charge is -2.08. The standard InChI is InChI=1S/C17H17BrO2/c1-5-7-13(6-2)10-12(4)16(19)14-8-11(3)9-15(18)17(14)20/h5-10,20H,1-2H2,3-4H3/b12-10+,13-7+. The third-order valence-corrected chi connectivity index (χ3v) is 3.34. The maximum atomic E-state index is 12.4. The van der Waals surface area contributed by atoms with Crippen molar-refractivity contribution >= 4 is 21.7 Å². The zero-order valence-electron chi connectivity index (χ0n) is 11.6. The zero-order chi connectivity index (χ0) is 15.3. The largest absolute Gasteiger partial charge is 0.506 e. The van der Waals surface area contributed by atoms with Crippen LogP contribution in [0.1, 0.15) is 22.8 Å². The van der Waals surface area contributed by atoms with Crippen molar-refractivity contribution in [2.45, 2.75) is 13.8 Å². The summed E-state index contributed by atoms with van der Waals surface area (Å²) in [5.74, 6) is -0.259. The summed E-state index contributed by atoms with van der Waals surface area (Å²) in [7, 11) is 0. The second kappa shape index (κ2) is 7.06. The van der Waals surface area contributed by atoms with Gasteiger partial charge in [-0.15, -0.1) is 0 Å². The Kier molecular flexibility index (Phi) is 5.71. The molecule has 3 heteroatoms. The number of hydrogen-bond acceptors (Lipinski definition) is 2. The summed E-state index contributed by atoms with van der Waals surface area (Å²) in [5, 5.41) is 9.99. The zero-order valence-corrected chi connectivity index (χ0v) is 13.2. The summed E-state index contributed by atoms with van der Waals surface area (Å²) >= 11 is 3.24. The van der Waals surface area contributed by atoms with Crippen molar-refractivity contribution in [3.8, 4) is 5.75 Å². The van der Waals surface area contributed by atoms with Crippen LogP contribution in [0.25, 0.3) is 0 Å². The van der Waals surface area contributed by atoms with Gasteiger partial charge in [-0.05, 0) is 64.7 Å². The van der Waals surface area contributed by atoms with Gasteiger partial charge in [0, 0.05) is 0 Å². The molecule has 1 aromatic rings. The third-order valence-electron chi connectivity index (χ3n) is 2.74. The predicted octanol–water partition coefficient (Wildman–Crippen LogP) is 4.89. The van der Waals surface area contributed by atoms with Gasteiger partial charge in [0.05, 0.1) is 10.0 Å². The van der Waals surface area contributed by atoms with Gasteiger partial charge in [-0.2, -0.15) is 0 Å². The Morgan fingerprint density at radius 3 is 2.55 bits per heavy atom. The second-order valence-electron chi connectivity index (χ2n) is 4.41. The van der Waals surface area contributed by atoms with Crippen LogP contribution in [0.3, 0.4) is 0 Å². The van der Waals surface area contributed by atoms with E-state index in [1.807, 2.05) is 6.92 Å². The van der Waals surface area contributed by atoms with Crippen molar-refractivity contribution in [3.05, 3.63) is 76.3 Å². The quantitative estimate of drug-likeness (QED) is 0.473. The van der Waals surface area contributed by atoms with E-state index in [1.165, 1.54) is 0 Å². The molecule has 0 bridgehead atoms. The Labute approximate surface area is 128 Å². The Balaban J connectivity index is 3.25. The van der Waals surface area contributed by atoms with E-state index in [4.69, 9.17) is 0 Å². The molecule has 0 unspecified atom stereocenters. The predicted molar refractivity (Wildman–Crippen MR) is 87.1 cm³/mol. The summed E-state index contributed by atoms with van der Waals surface area (Å²) in [4.78, 5) is 12.4. The molecule has 0 atom stereocenters. The number of benzene rings is 1. The van der Waals surface area contributed by atoms with Crippen molar-refractivity contribution in [1.82, 2.24) is 0 Å². The van der Waals surface area contributed by atoms with Crippen LogP contribution in [-0.2, 0) is 0 Å². The molecule has 0 aromatic heterocycles. The summed E-state index contributed by atoms with van der Waals surface area (Å²) < 4.78 is 0.513. The van der Waals surface area contributed by atoms with Gasteiger partial charge in [0.25, 0.3) is 0 Å². The van der Waals surface area contributed by atoms with Gasteiger partial charge < -0.3 is 5.11 Å². The second-order valence-corrected chi connectivity index (χ2v) is 5.26. The van der Waals surface area contributed by atoms with Crippen molar-refractivity contribution in [1.29, 1.82) is 0 Å². The van der Waals surface area contributed by atoms with Crippen molar-refractivity contribution in [2.24, 2.45) is 0 Å². The average molecular weight is 333 g/mol. The molecule has 0 heterocycles. The van der Waals surface area contributed by atoms with Crippen LogP contribution >= 0.6 is 15.9 Å². The van der Waals surface area contributed by atoms with E-state index in [2.05, 4.69) is 29.1 Å². The molecule has 0 radical (unpaired) electrons. The first kappa shape index (κ1) is 16.2. The summed E-state index contributed by atoms with van der Waals surface area (Å²) in [6.45, 7) is 10.9. The molecule has 1 rings (SSSR count). The summed E-state index contributed by atoms with van der Waals surface area (Å²) in [6.07, 6.45) is 6.75. The Morgan fingerprint density at radius 1 is 1.35 bits per heavy atom. The molecule has 1 N–H and O–H groups in total. The molecule has 20 heavy (non-hydrogen) atoms. The Bertz CT molecular complexity index is 622. The number of aromatic hydroxyl groups is 1. The number of phenols is 1. The molecular weight excluding hydrogens is 316 g/mol.